The maximum absolute atomic E-state index is 12.6. The van der Waals surface area contributed by atoms with Crippen LogP contribution in [0, 0.1) is 0 Å². The van der Waals surface area contributed by atoms with E-state index in [9.17, 15) is 9.59 Å². The quantitative estimate of drug-likeness (QED) is 0.623. The van der Waals surface area contributed by atoms with Crippen molar-refractivity contribution in [2.45, 2.75) is 26.8 Å². The Morgan fingerprint density at radius 1 is 1.00 bits per heavy atom. The Labute approximate surface area is 168 Å². The highest BCUT2D eigenvalue weighted by Gasteiger charge is 2.13. The van der Waals surface area contributed by atoms with Gasteiger partial charge in [-0.25, -0.2) is 4.68 Å². The van der Waals surface area contributed by atoms with Crippen LogP contribution in [0.1, 0.15) is 30.8 Å². The van der Waals surface area contributed by atoms with E-state index in [0.717, 1.165) is 12.2 Å². The number of aryl methyl sites for hydroxylation is 1. The van der Waals surface area contributed by atoms with Gasteiger partial charge < -0.3 is 14.8 Å². The summed E-state index contributed by atoms with van der Waals surface area (Å²) in [4.78, 5) is 24.4. The highest BCUT2D eigenvalue weighted by Crippen LogP contribution is 2.30. The predicted octanol–water partition coefficient (Wildman–Crippen LogP) is 4.10. The molecule has 0 saturated carbocycles. The average molecular weight is 393 g/mol. The van der Waals surface area contributed by atoms with Gasteiger partial charge in [0.1, 0.15) is 17.2 Å². The molecule has 0 radical (unpaired) electrons. The van der Waals surface area contributed by atoms with Gasteiger partial charge in [-0.05, 0) is 55.8 Å². The second kappa shape index (κ2) is 9.54. The minimum Gasteiger partial charge on any atom is -0.494 e. The Bertz CT molecular complexity index is 1030. The number of aromatic nitrogens is 2. The second-order valence-electron chi connectivity index (χ2n) is 6.24. The zero-order chi connectivity index (χ0) is 20.6. The molecule has 3 aromatic rings. The van der Waals surface area contributed by atoms with Crippen molar-refractivity contribution >= 4 is 11.6 Å². The van der Waals surface area contributed by atoms with E-state index in [2.05, 4.69) is 10.4 Å². The second-order valence-corrected chi connectivity index (χ2v) is 6.24. The third-order valence-corrected chi connectivity index (χ3v) is 4.03. The van der Waals surface area contributed by atoms with Crippen LogP contribution in [-0.4, -0.2) is 22.3 Å². The lowest BCUT2D eigenvalue weighted by atomic mass is 10.2. The summed E-state index contributed by atoms with van der Waals surface area (Å²) in [5.74, 6) is 1.45. The first kappa shape index (κ1) is 20.1. The summed E-state index contributed by atoms with van der Waals surface area (Å²) >= 11 is 0. The van der Waals surface area contributed by atoms with Crippen LogP contribution < -0.4 is 20.3 Å². The Kier molecular flexibility index (Phi) is 6.63. The van der Waals surface area contributed by atoms with Gasteiger partial charge in [0, 0.05) is 12.6 Å². The normalized spacial score (nSPS) is 10.4. The standard InChI is InChI=1S/C22H23N3O4/c1-3-15-25-21(26)14-13-19(24-25)22(27)23-18-7-5-6-8-20(18)29-17-11-9-16(10-12-17)28-4-2/h5-14H,3-4,15H2,1-2H3,(H,23,27). The first-order chi connectivity index (χ1) is 14.1. The van der Waals surface area contributed by atoms with Crippen LogP contribution in [0.25, 0.3) is 0 Å². The van der Waals surface area contributed by atoms with Gasteiger partial charge in [-0.1, -0.05) is 19.1 Å². The highest BCUT2D eigenvalue weighted by molar-refractivity contribution is 6.03. The van der Waals surface area contributed by atoms with E-state index in [-0.39, 0.29) is 11.3 Å². The van der Waals surface area contributed by atoms with Gasteiger partial charge in [0.25, 0.3) is 11.5 Å². The van der Waals surface area contributed by atoms with Crippen molar-refractivity contribution in [3.63, 3.8) is 0 Å². The van der Waals surface area contributed by atoms with Crippen molar-refractivity contribution in [3.05, 3.63) is 76.7 Å². The summed E-state index contributed by atoms with van der Waals surface area (Å²) < 4.78 is 12.6. The molecule has 0 aliphatic rings. The topological polar surface area (TPSA) is 82.5 Å². The fourth-order valence-electron chi connectivity index (χ4n) is 2.68. The lowest BCUT2D eigenvalue weighted by molar-refractivity contribution is 0.101. The van der Waals surface area contributed by atoms with Crippen molar-refractivity contribution in [1.82, 2.24) is 9.78 Å². The number of rotatable bonds is 8. The van der Waals surface area contributed by atoms with Crippen LogP contribution in [0.15, 0.2) is 65.5 Å². The summed E-state index contributed by atoms with van der Waals surface area (Å²) in [6.07, 6.45) is 0.747. The summed E-state index contributed by atoms with van der Waals surface area (Å²) in [5, 5.41) is 6.94. The maximum Gasteiger partial charge on any atom is 0.276 e. The van der Waals surface area contributed by atoms with Gasteiger partial charge in [0.05, 0.1) is 12.3 Å². The lowest BCUT2D eigenvalue weighted by Crippen LogP contribution is -2.26. The summed E-state index contributed by atoms with van der Waals surface area (Å²) in [6, 6.07) is 17.1. The minimum atomic E-state index is -0.419. The number of amides is 1. The summed E-state index contributed by atoms with van der Waals surface area (Å²) in [7, 11) is 0. The van der Waals surface area contributed by atoms with Gasteiger partial charge in [0.15, 0.2) is 5.75 Å². The molecule has 0 spiro atoms. The fraction of sp³-hybridized carbons (Fsp3) is 0.227. The van der Waals surface area contributed by atoms with Gasteiger partial charge in [0.2, 0.25) is 0 Å². The molecule has 1 aromatic heterocycles. The van der Waals surface area contributed by atoms with E-state index >= 15 is 0 Å². The van der Waals surface area contributed by atoms with Crippen molar-refractivity contribution in [1.29, 1.82) is 0 Å². The van der Waals surface area contributed by atoms with Crippen LogP contribution in [0.4, 0.5) is 5.69 Å². The molecule has 7 nitrogen and oxygen atoms in total. The van der Waals surface area contributed by atoms with E-state index in [1.807, 2.05) is 32.0 Å². The molecule has 0 saturated heterocycles. The third kappa shape index (κ3) is 5.22. The molecular formula is C22H23N3O4. The number of hydrogen-bond acceptors (Lipinski definition) is 5. The summed E-state index contributed by atoms with van der Waals surface area (Å²) in [6.45, 7) is 4.91. The van der Waals surface area contributed by atoms with E-state index in [1.54, 1.807) is 30.3 Å². The molecule has 2 aromatic carbocycles. The Hall–Kier alpha value is -3.61. The Balaban J connectivity index is 1.77. The molecule has 0 atom stereocenters. The third-order valence-electron chi connectivity index (χ3n) is 4.03. The molecule has 0 aliphatic heterocycles. The minimum absolute atomic E-state index is 0.161. The van der Waals surface area contributed by atoms with Gasteiger partial charge >= 0.3 is 0 Å². The van der Waals surface area contributed by atoms with Crippen LogP contribution >= 0.6 is 0 Å². The number of carbonyl (C=O) groups excluding carboxylic acids is 1. The van der Waals surface area contributed by atoms with Gasteiger partial charge in [-0.3, -0.25) is 9.59 Å². The van der Waals surface area contributed by atoms with Crippen LogP contribution in [0.5, 0.6) is 17.2 Å². The van der Waals surface area contributed by atoms with Gasteiger partial charge in [-0.2, -0.15) is 5.10 Å². The first-order valence-corrected chi connectivity index (χ1v) is 9.50. The molecule has 1 amide bonds. The predicted molar refractivity (Wildman–Crippen MR) is 111 cm³/mol. The number of benzene rings is 2. The van der Waals surface area contributed by atoms with Crippen molar-refractivity contribution in [3.8, 4) is 17.2 Å². The molecular weight excluding hydrogens is 370 g/mol. The molecule has 1 heterocycles. The first-order valence-electron chi connectivity index (χ1n) is 9.50. The van der Waals surface area contributed by atoms with Crippen LogP contribution in [-0.2, 0) is 6.54 Å². The van der Waals surface area contributed by atoms with Crippen molar-refractivity contribution in [2.75, 3.05) is 11.9 Å². The smallest absolute Gasteiger partial charge is 0.276 e. The number of nitrogens with one attached hydrogen (secondary N) is 1. The monoisotopic (exact) mass is 393 g/mol. The van der Waals surface area contributed by atoms with E-state index in [1.165, 1.54) is 16.8 Å². The van der Waals surface area contributed by atoms with E-state index in [4.69, 9.17) is 9.47 Å². The van der Waals surface area contributed by atoms with E-state index in [0.29, 0.717) is 30.3 Å². The maximum atomic E-state index is 12.6. The largest absolute Gasteiger partial charge is 0.494 e. The molecule has 0 fully saturated rings. The lowest BCUT2D eigenvalue weighted by Gasteiger charge is -2.13. The zero-order valence-electron chi connectivity index (χ0n) is 16.4. The number of ether oxygens (including phenoxy) is 2. The molecule has 0 unspecified atom stereocenters. The molecule has 3 rings (SSSR count). The average Bonchev–Trinajstić information content (AvgIpc) is 2.73. The number of hydrogen-bond donors (Lipinski definition) is 1. The molecule has 150 valence electrons. The van der Waals surface area contributed by atoms with E-state index < -0.39 is 5.91 Å². The molecule has 29 heavy (non-hydrogen) atoms. The van der Waals surface area contributed by atoms with Gasteiger partial charge in [-0.15, -0.1) is 0 Å². The van der Waals surface area contributed by atoms with Crippen molar-refractivity contribution < 1.29 is 14.3 Å². The summed E-state index contributed by atoms with van der Waals surface area (Å²) in [5.41, 5.74) is 0.429. The molecule has 0 bridgehead atoms. The Morgan fingerprint density at radius 3 is 2.45 bits per heavy atom. The molecule has 1 N–H and O–H groups in total. The molecule has 7 heteroatoms. The van der Waals surface area contributed by atoms with Crippen molar-refractivity contribution in [2.24, 2.45) is 0 Å². The van der Waals surface area contributed by atoms with Crippen LogP contribution in [0.2, 0.25) is 0 Å². The van der Waals surface area contributed by atoms with Crippen LogP contribution in [0.3, 0.4) is 0 Å². The highest BCUT2D eigenvalue weighted by atomic mass is 16.5. The zero-order valence-corrected chi connectivity index (χ0v) is 16.4. The number of carbonyl (C=O) groups is 1. The number of para-hydroxylation sites is 2. The molecule has 0 aliphatic carbocycles. The number of nitrogens with zero attached hydrogens (tertiary/aromatic N) is 2. The SMILES string of the molecule is CCCn1nc(C(=O)Nc2ccccc2Oc2ccc(OCC)cc2)ccc1=O. The fourth-order valence-corrected chi connectivity index (χ4v) is 2.68. The Morgan fingerprint density at radius 2 is 1.72 bits per heavy atom. The number of anilines is 1.